The Morgan fingerprint density at radius 3 is 2.45 bits per heavy atom. The molecular weight excluding hydrogens is 266 g/mol. The predicted molar refractivity (Wildman–Crippen MR) is 82.5 cm³/mol. The third-order valence-electron chi connectivity index (χ3n) is 3.23. The quantitative estimate of drug-likeness (QED) is 0.855. The molecule has 1 atom stereocenters. The molecule has 0 spiro atoms. The lowest BCUT2D eigenvalue weighted by molar-refractivity contribution is 0.199. The van der Waals surface area contributed by atoms with Crippen molar-refractivity contribution in [1.29, 1.82) is 5.26 Å². The second-order valence-corrected chi connectivity index (χ2v) is 5.84. The van der Waals surface area contributed by atoms with Crippen molar-refractivity contribution in [2.75, 3.05) is 0 Å². The molecule has 2 aromatic carbocycles. The number of nitriles is 1. The van der Waals surface area contributed by atoms with Gasteiger partial charge < -0.3 is 5.11 Å². The lowest BCUT2D eigenvalue weighted by Crippen LogP contribution is -1.90. The molecule has 2 nitrogen and oxygen atoms in total. The maximum atomic E-state index is 9.48. The van der Waals surface area contributed by atoms with Crippen LogP contribution in [0.2, 0.25) is 0 Å². The van der Waals surface area contributed by atoms with Gasteiger partial charge in [0, 0.05) is 10.6 Å². The minimum absolute atomic E-state index is 0.421. The van der Waals surface area contributed by atoms with E-state index in [9.17, 15) is 5.11 Å². The Morgan fingerprint density at radius 1 is 1.20 bits per heavy atom. The lowest BCUT2D eigenvalue weighted by Gasteiger charge is -2.08. The number of aliphatic hydroxyl groups is 1. The number of hydrogen-bond acceptors (Lipinski definition) is 3. The molecule has 2 aromatic rings. The SMILES string of the molecule is Cc1cc(C#N)ccc1CSc1ccc(C(C)O)cc1. The van der Waals surface area contributed by atoms with Crippen molar-refractivity contribution in [2.24, 2.45) is 0 Å². The van der Waals surface area contributed by atoms with E-state index in [2.05, 4.69) is 6.07 Å². The van der Waals surface area contributed by atoms with Crippen LogP contribution in [0.5, 0.6) is 0 Å². The monoisotopic (exact) mass is 283 g/mol. The first-order valence-electron chi connectivity index (χ1n) is 6.50. The Bertz CT molecular complexity index is 626. The first kappa shape index (κ1) is 14.6. The summed E-state index contributed by atoms with van der Waals surface area (Å²) < 4.78 is 0. The molecule has 102 valence electrons. The third kappa shape index (κ3) is 3.63. The molecule has 1 N–H and O–H groups in total. The highest BCUT2D eigenvalue weighted by atomic mass is 32.2. The summed E-state index contributed by atoms with van der Waals surface area (Å²) in [7, 11) is 0. The molecule has 0 aliphatic heterocycles. The molecule has 2 rings (SSSR count). The van der Waals surface area contributed by atoms with Crippen molar-refractivity contribution in [3.63, 3.8) is 0 Å². The molecule has 0 radical (unpaired) electrons. The zero-order valence-corrected chi connectivity index (χ0v) is 12.4. The van der Waals surface area contributed by atoms with E-state index in [-0.39, 0.29) is 0 Å². The molecular formula is C17H17NOS. The molecule has 0 fully saturated rings. The van der Waals surface area contributed by atoms with Crippen molar-refractivity contribution < 1.29 is 5.11 Å². The molecule has 1 unspecified atom stereocenters. The van der Waals surface area contributed by atoms with E-state index in [1.807, 2.05) is 49.4 Å². The Balaban J connectivity index is 2.03. The highest BCUT2D eigenvalue weighted by molar-refractivity contribution is 7.98. The van der Waals surface area contributed by atoms with Crippen molar-refractivity contribution in [1.82, 2.24) is 0 Å². The zero-order valence-electron chi connectivity index (χ0n) is 11.6. The van der Waals surface area contributed by atoms with Gasteiger partial charge in [-0.05, 0) is 54.8 Å². The van der Waals surface area contributed by atoms with E-state index in [1.165, 1.54) is 10.5 Å². The largest absolute Gasteiger partial charge is 0.389 e. The van der Waals surface area contributed by atoms with Crippen LogP contribution < -0.4 is 0 Å². The fraction of sp³-hybridized carbons (Fsp3) is 0.235. The second-order valence-electron chi connectivity index (χ2n) is 4.79. The fourth-order valence-electron chi connectivity index (χ4n) is 1.93. The molecule has 0 amide bonds. The van der Waals surface area contributed by atoms with Gasteiger partial charge in [0.1, 0.15) is 0 Å². The van der Waals surface area contributed by atoms with Crippen LogP contribution >= 0.6 is 11.8 Å². The topological polar surface area (TPSA) is 44.0 Å². The fourth-order valence-corrected chi connectivity index (χ4v) is 2.91. The Kier molecular flexibility index (Phi) is 4.84. The highest BCUT2D eigenvalue weighted by Gasteiger charge is 2.03. The molecule has 0 heterocycles. The Hall–Kier alpha value is -1.76. The van der Waals surface area contributed by atoms with Crippen molar-refractivity contribution in [3.05, 3.63) is 64.7 Å². The molecule has 0 bridgehead atoms. The molecule has 0 saturated heterocycles. The second kappa shape index (κ2) is 6.60. The van der Waals surface area contributed by atoms with Gasteiger partial charge >= 0.3 is 0 Å². The summed E-state index contributed by atoms with van der Waals surface area (Å²) in [5.41, 5.74) is 4.03. The van der Waals surface area contributed by atoms with Crippen molar-refractivity contribution >= 4 is 11.8 Å². The molecule has 3 heteroatoms. The number of nitrogens with zero attached hydrogens (tertiary/aromatic N) is 1. The summed E-state index contributed by atoms with van der Waals surface area (Å²) in [4.78, 5) is 1.18. The Labute approximate surface area is 124 Å². The summed E-state index contributed by atoms with van der Waals surface area (Å²) in [5.74, 6) is 0.881. The van der Waals surface area contributed by atoms with E-state index < -0.39 is 6.10 Å². The minimum Gasteiger partial charge on any atom is -0.389 e. The molecule has 0 saturated carbocycles. The highest BCUT2D eigenvalue weighted by Crippen LogP contribution is 2.26. The number of rotatable bonds is 4. The third-order valence-corrected chi connectivity index (χ3v) is 4.29. The lowest BCUT2D eigenvalue weighted by atomic mass is 10.1. The van der Waals surface area contributed by atoms with Crippen LogP contribution in [0.1, 0.15) is 35.3 Å². The van der Waals surface area contributed by atoms with Crippen LogP contribution in [0, 0.1) is 18.3 Å². The first-order valence-corrected chi connectivity index (χ1v) is 7.49. The molecule has 0 aliphatic rings. The average Bonchev–Trinajstić information content (AvgIpc) is 2.46. The van der Waals surface area contributed by atoms with Gasteiger partial charge in [-0.15, -0.1) is 11.8 Å². The van der Waals surface area contributed by atoms with Gasteiger partial charge in [0.25, 0.3) is 0 Å². The van der Waals surface area contributed by atoms with Gasteiger partial charge in [-0.2, -0.15) is 5.26 Å². The van der Waals surface area contributed by atoms with E-state index in [4.69, 9.17) is 5.26 Å². The van der Waals surface area contributed by atoms with E-state index >= 15 is 0 Å². The number of benzene rings is 2. The maximum Gasteiger partial charge on any atom is 0.0991 e. The number of hydrogen-bond donors (Lipinski definition) is 1. The van der Waals surface area contributed by atoms with Crippen LogP contribution in [-0.4, -0.2) is 5.11 Å². The van der Waals surface area contributed by atoms with E-state index in [0.29, 0.717) is 5.56 Å². The number of aliphatic hydroxyl groups excluding tert-OH is 1. The minimum atomic E-state index is -0.421. The van der Waals surface area contributed by atoms with Gasteiger partial charge in [0.2, 0.25) is 0 Å². The Morgan fingerprint density at radius 2 is 1.90 bits per heavy atom. The summed E-state index contributed by atoms with van der Waals surface area (Å²) in [5, 5.41) is 18.3. The molecule has 0 aromatic heterocycles. The van der Waals surface area contributed by atoms with Crippen LogP contribution in [0.3, 0.4) is 0 Å². The summed E-state index contributed by atoms with van der Waals surface area (Å²) >= 11 is 1.76. The van der Waals surface area contributed by atoms with E-state index in [1.54, 1.807) is 18.7 Å². The predicted octanol–water partition coefficient (Wildman–Crippen LogP) is 4.21. The first-order chi connectivity index (χ1) is 9.60. The number of aryl methyl sites for hydroxylation is 1. The average molecular weight is 283 g/mol. The number of thioether (sulfide) groups is 1. The van der Waals surface area contributed by atoms with Crippen LogP contribution in [-0.2, 0) is 5.75 Å². The van der Waals surface area contributed by atoms with Gasteiger partial charge in [0.15, 0.2) is 0 Å². The summed E-state index contributed by atoms with van der Waals surface area (Å²) in [6.45, 7) is 3.80. The maximum absolute atomic E-state index is 9.48. The van der Waals surface area contributed by atoms with Crippen molar-refractivity contribution in [2.45, 2.75) is 30.6 Å². The van der Waals surface area contributed by atoms with Crippen LogP contribution in [0.25, 0.3) is 0 Å². The van der Waals surface area contributed by atoms with Crippen LogP contribution in [0.4, 0.5) is 0 Å². The summed E-state index contributed by atoms with van der Waals surface area (Å²) in [6.07, 6.45) is -0.421. The van der Waals surface area contributed by atoms with Crippen molar-refractivity contribution in [3.8, 4) is 6.07 Å². The normalized spacial score (nSPS) is 11.9. The van der Waals surface area contributed by atoms with Crippen LogP contribution in [0.15, 0.2) is 47.4 Å². The standard InChI is InChI=1S/C17H17NOS/c1-12-9-14(10-18)3-4-16(12)11-20-17-7-5-15(6-8-17)13(2)19/h3-9,13,19H,11H2,1-2H3. The zero-order chi connectivity index (χ0) is 14.5. The van der Waals surface area contributed by atoms with Gasteiger partial charge in [-0.25, -0.2) is 0 Å². The van der Waals surface area contributed by atoms with Gasteiger partial charge in [-0.1, -0.05) is 18.2 Å². The van der Waals surface area contributed by atoms with Gasteiger partial charge in [-0.3, -0.25) is 0 Å². The summed E-state index contributed by atoms with van der Waals surface area (Å²) in [6, 6.07) is 15.9. The molecule has 0 aliphatic carbocycles. The van der Waals surface area contributed by atoms with Gasteiger partial charge in [0.05, 0.1) is 17.7 Å². The van der Waals surface area contributed by atoms with E-state index in [0.717, 1.165) is 16.9 Å². The smallest absolute Gasteiger partial charge is 0.0991 e. The molecule has 20 heavy (non-hydrogen) atoms.